The zero-order chi connectivity index (χ0) is 25.2. The number of hydrogen-bond donors (Lipinski definition) is 2. The summed E-state index contributed by atoms with van der Waals surface area (Å²) < 4.78 is 33.9. The van der Waals surface area contributed by atoms with Crippen molar-refractivity contribution in [1.29, 1.82) is 0 Å². The van der Waals surface area contributed by atoms with Gasteiger partial charge in [0.15, 0.2) is 6.17 Å². The van der Waals surface area contributed by atoms with E-state index < -0.39 is 28.0 Å². The summed E-state index contributed by atoms with van der Waals surface area (Å²) in [4.78, 5) is 28.5. The number of nitrogens with one attached hydrogen (secondary N) is 1. The molecule has 1 saturated carbocycles. The summed E-state index contributed by atoms with van der Waals surface area (Å²) in [6.07, 6.45) is 2.02. The summed E-state index contributed by atoms with van der Waals surface area (Å²) in [7, 11) is -2.58. The first-order valence-electron chi connectivity index (χ1n) is 11.5. The number of nitrogens with zero attached hydrogens (tertiary/aromatic N) is 2. The third kappa shape index (κ3) is 5.64. The van der Waals surface area contributed by atoms with Crippen LogP contribution in [-0.2, 0) is 14.8 Å². The molecule has 2 amide bonds. The summed E-state index contributed by atoms with van der Waals surface area (Å²) in [6, 6.07) is 9.48. The zero-order valence-corrected chi connectivity index (χ0v) is 21.7. The molecule has 0 radical (unpaired) electrons. The van der Waals surface area contributed by atoms with Gasteiger partial charge in [-0.25, -0.2) is 8.42 Å². The van der Waals surface area contributed by atoms with E-state index in [1.165, 1.54) is 24.1 Å². The molecule has 12 heteroatoms. The number of sulfonamides is 1. The second-order valence-corrected chi connectivity index (χ2v) is 12.6. The Morgan fingerprint density at radius 1 is 1.14 bits per heavy atom. The van der Waals surface area contributed by atoms with Crippen LogP contribution in [0.3, 0.4) is 0 Å². The topological polar surface area (TPSA) is 122 Å². The van der Waals surface area contributed by atoms with Gasteiger partial charge in [-0.2, -0.15) is 4.31 Å². The first-order valence-corrected chi connectivity index (χ1v) is 14.1. The van der Waals surface area contributed by atoms with E-state index >= 15 is 0 Å². The molecule has 1 aliphatic carbocycles. The Kier molecular flexibility index (Phi) is 8.02. The van der Waals surface area contributed by atoms with Crippen LogP contribution in [-0.4, -0.2) is 67.9 Å². The lowest BCUT2D eigenvalue weighted by atomic mass is 9.92. The van der Waals surface area contributed by atoms with E-state index in [0.29, 0.717) is 34.9 Å². The standard InChI is InChI=1S/C23H29ClN4O5S2/c1-33-18-5-2-4-15(14-18)23(30)27-12-3-13-28(35(31,32)20-11-10-19(24)34-20)22(27)21(29)26-17-8-6-16(25)7-9-17/h2,4-5,10-11,14,16-17,22H,3,6-9,12-13,25H2,1H3,(H,26,29). The number of halogens is 1. The molecule has 2 fully saturated rings. The fourth-order valence-corrected chi connectivity index (χ4v) is 7.75. The highest BCUT2D eigenvalue weighted by Crippen LogP contribution is 2.32. The number of rotatable bonds is 6. The Bertz CT molecular complexity index is 1180. The summed E-state index contributed by atoms with van der Waals surface area (Å²) in [6.45, 7) is 0.342. The number of nitrogens with two attached hydrogens (primary N) is 1. The number of amides is 2. The predicted octanol–water partition coefficient (Wildman–Crippen LogP) is 2.66. The average molecular weight is 541 g/mol. The van der Waals surface area contributed by atoms with Crippen molar-refractivity contribution >= 4 is 44.8 Å². The molecule has 0 spiro atoms. The summed E-state index contributed by atoms with van der Waals surface area (Å²) in [5.41, 5.74) is 6.30. The highest BCUT2D eigenvalue weighted by atomic mass is 35.5. The fourth-order valence-electron chi connectivity index (χ4n) is 4.55. The lowest BCUT2D eigenvalue weighted by molar-refractivity contribution is -0.132. The van der Waals surface area contributed by atoms with E-state index in [4.69, 9.17) is 22.1 Å². The third-order valence-electron chi connectivity index (χ3n) is 6.39. The molecule has 3 N–H and O–H groups in total. The normalized spacial score (nSPS) is 23.6. The molecular formula is C23H29ClN4O5S2. The maximum absolute atomic E-state index is 13.6. The Hall–Kier alpha value is -2.18. The van der Waals surface area contributed by atoms with Crippen LogP contribution >= 0.6 is 22.9 Å². The minimum Gasteiger partial charge on any atom is -0.497 e. The fraction of sp³-hybridized carbons (Fsp3) is 0.478. The van der Waals surface area contributed by atoms with Gasteiger partial charge in [0.2, 0.25) is 0 Å². The van der Waals surface area contributed by atoms with Crippen LogP contribution in [0.4, 0.5) is 0 Å². The van der Waals surface area contributed by atoms with Crippen LogP contribution < -0.4 is 15.8 Å². The molecule has 35 heavy (non-hydrogen) atoms. The van der Waals surface area contributed by atoms with Gasteiger partial charge in [-0.05, 0) is 62.4 Å². The molecule has 2 aromatic rings. The van der Waals surface area contributed by atoms with Gasteiger partial charge >= 0.3 is 0 Å². The van der Waals surface area contributed by atoms with Crippen molar-refractivity contribution in [3.05, 3.63) is 46.3 Å². The number of thiophene rings is 1. The molecule has 9 nitrogen and oxygen atoms in total. The maximum Gasteiger partial charge on any atom is 0.259 e. The van der Waals surface area contributed by atoms with E-state index in [9.17, 15) is 18.0 Å². The molecule has 1 unspecified atom stereocenters. The molecule has 1 saturated heterocycles. The van der Waals surface area contributed by atoms with Crippen molar-refractivity contribution in [1.82, 2.24) is 14.5 Å². The largest absolute Gasteiger partial charge is 0.497 e. The molecule has 0 bridgehead atoms. The third-order valence-corrected chi connectivity index (χ3v) is 9.94. The second-order valence-electron chi connectivity index (χ2n) is 8.75. The van der Waals surface area contributed by atoms with E-state index in [1.807, 2.05) is 0 Å². The zero-order valence-electron chi connectivity index (χ0n) is 19.4. The molecule has 1 aromatic heterocycles. The molecule has 2 heterocycles. The Morgan fingerprint density at radius 2 is 1.89 bits per heavy atom. The Balaban J connectivity index is 1.68. The van der Waals surface area contributed by atoms with Gasteiger partial charge in [0, 0.05) is 30.7 Å². The molecule has 4 rings (SSSR count). The molecule has 1 aliphatic heterocycles. The van der Waals surface area contributed by atoms with Crippen molar-refractivity contribution in [2.45, 2.75) is 54.6 Å². The van der Waals surface area contributed by atoms with Gasteiger partial charge in [0.05, 0.1) is 11.4 Å². The van der Waals surface area contributed by atoms with Gasteiger partial charge in [0.1, 0.15) is 9.96 Å². The number of methoxy groups -OCH3 is 1. The van der Waals surface area contributed by atoms with Crippen LogP contribution in [0.5, 0.6) is 5.75 Å². The van der Waals surface area contributed by atoms with Gasteiger partial charge in [-0.3, -0.25) is 9.59 Å². The number of ether oxygens (including phenoxy) is 1. The SMILES string of the molecule is COc1cccc(C(=O)N2CCCN(S(=O)(=O)c3ccc(Cl)s3)C2C(=O)NC2CCC(N)CC2)c1. The van der Waals surface area contributed by atoms with Crippen molar-refractivity contribution in [3.63, 3.8) is 0 Å². The van der Waals surface area contributed by atoms with E-state index in [1.54, 1.807) is 24.3 Å². The minimum atomic E-state index is -4.08. The Morgan fingerprint density at radius 3 is 2.54 bits per heavy atom. The highest BCUT2D eigenvalue weighted by Gasteiger charge is 2.45. The van der Waals surface area contributed by atoms with Crippen LogP contribution in [0.15, 0.2) is 40.6 Å². The predicted molar refractivity (Wildman–Crippen MR) is 134 cm³/mol. The molecule has 1 aromatic carbocycles. The van der Waals surface area contributed by atoms with Gasteiger partial charge < -0.3 is 20.7 Å². The quantitative estimate of drug-likeness (QED) is 0.581. The minimum absolute atomic E-state index is 0.0274. The second kappa shape index (κ2) is 10.8. The van der Waals surface area contributed by atoms with Crippen molar-refractivity contribution in [3.8, 4) is 5.75 Å². The number of benzene rings is 1. The van der Waals surface area contributed by atoms with Crippen molar-refractivity contribution in [2.75, 3.05) is 20.2 Å². The molecule has 190 valence electrons. The van der Waals surface area contributed by atoms with Crippen molar-refractivity contribution in [2.24, 2.45) is 5.73 Å². The molecule has 2 aliphatic rings. The van der Waals surface area contributed by atoms with Crippen LogP contribution in [0, 0.1) is 0 Å². The van der Waals surface area contributed by atoms with E-state index in [0.717, 1.165) is 28.5 Å². The van der Waals surface area contributed by atoms with Gasteiger partial charge in [0.25, 0.3) is 21.8 Å². The van der Waals surface area contributed by atoms with E-state index in [-0.39, 0.29) is 29.4 Å². The van der Waals surface area contributed by atoms with Gasteiger partial charge in [-0.1, -0.05) is 17.7 Å². The molecule has 1 atom stereocenters. The average Bonchev–Trinajstić information content (AvgIpc) is 3.31. The van der Waals surface area contributed by atoms with E-state index in [2.05, 4.69) is 5.32 Å². The lowest BCUT2D eigenvalue weighted by Crippen LogP contribution is -2.64. The maximum atomic E-state index is 13.6. The number of carbonyl (C=O) groups is 2. The van der Waals surface area contributed by atoms with Crippen molar-refractivity contribution < 1.29 is 22.7 Å². The first-order chi connectivity index (χ1) is 16.7. The van der Waals surface area contributed by atoms with Crippen LogP contribution in [0.1, 0.15) is 42.5 Å². The van der Waals surface area contributed by atoms with Crippen LogP contribution in [0.25, 0.3) is 0 Å². The summed E-state index contributed by atoms with van der Waals surface area (Å²) >= 11 is 6.92. The first kappa shape index (κ1) is 25.9. The summed E-state index contributed by atoms with van der Waals surface area (Å²) in [5.74, 6) is -0.475. The number of carbonyl (C=O) groups excluding carboxylic acids is 2. The van der Waals surface area contributed by atoms with Crippen LogP contribution in [0.2, 0.25) is 4.34 Å². The Labute approximate surface area is 214 Å². The monoisotopic (exact) mass is 540 g/mol. The molecular weight excluding hydrogens is 512 g/mol. The smallest absolute Gasteiger partial charge is 0.259 e. The van der Waals surface area contributed by atoms with Gasteiger partial charge in [-0.15, -0.1) is 11.3 Å². The highest BCUT2D eigenvalue weighted by molar-refractivity contribution is 7.91. The summed E-state index contributed by atoms with van der Waals surface area (Å²) in [5, 5.41) is 2.98. The number of hydrogen-bond acceptors (Lipinski definition) is 7. The lowest BCUT2D eigenvalue weighted by Gasteiger charge is -2.42.